The first-order chi connectivity index (χ1) is 25.8. The van der Waals surface area contributed by atoms with E-state index in [0.717, 1.165) is 79.1 Å². The number of hydrogen-bond acceptors (Lipinski definition) is 5. The van der Waals surface area contributed by atoms with Crippen molar-refractivity contribution in [3.8, 4) is 39.6 Å². The maximum absolute atomic E-state index is 6.40. The quantitative estimate of drug-likeness (QED) is 0.123. The first-order valence-electron chi connectivity index (χ1n) is 17.9. The molecule has 0 amide bonds. The number of aryl methyl sites for hydroxylation is 2. The maximum atomic E-state index is 6.40. The molecule has 8 heteroatoms. The standard InChI is InChI=1S/C30H19N4O.C16H20NSi.Ir/c1-19-17-26-27(18-31-19)34(21-11-6-3-7-12-21)29(32-26)24-14-8-13-22-23-15-16-25(20-9-4-2-5-10-20)33-30(23)35-28(22)24;1-5-13-11-15(14-9-7-6-8-10-14)17-12-16(13)18(2,3)4;/h2-13,15-18H,1H3;6-9,11-12H,5H2,1-4H3;/q2*-1;. The molecule has 54 heavy (non-hydrogen) atoms. The number of hydrogen-bond donors (Lipinski definition) is 0. The topological polar surface area (TPSA) is 69.6 Å². The molecule has 0 unspecified atom stereocenters. The smallest absolute Gasteiger partial charge is 0.216 e. The monoisotopic (exact) mass is 898 g/mol. The Morgan fingerprint density at radius 3 is 2.20 bits per heavy atom. The predicted molar refractivity (Wildman–Crippen MR) is 219 cm³/mol. The van der Waals surface area contributed by atoms with E-state index in [-0.39, 0.29) is 20.1 Å². The van der Waals surface area contributed by atoms with Crippen molar-refractivity contribution in [2.45, 2.75) is 39.9 Å². The summed E-state index contributed by atoms with van der Waals surface area (Å²) >= 11 is 0. The van der Waals surface area contributed by atoms with Gasteiger partial charge in [0.15, 0.2) is 0 Å². The molecule has 0 aliphatic rings. The van der Waals surface area contributed by atoms with Gasteiger partial charge in [0.05, 0.1) is 42.4 Å². The van der Waals surface area contributed by atoms with Crippen LogP contribution in [-0.4, -0.2) is 32.6 Å². The summed E-state index contributed by atoms with van der Waals surface area (Å²) in [6.07, 6.45) is 5.03. The van der Waals surface area contributed by atoms with Crippen LogP contribution in [0.25, 0.3) is 72.7 Å². The van der Waals surface area contributed by atoms with Crippen molar-refractivity contribution in [1.82, 2.24) is 24.5 Å². The number of nitrogens with zero attached hydrogens (tertiary/aromatic N) is 5. The fraction of sp³-hybridized carbons (Fsp3) is 0.130. The summed E-state index contributed by atoms with van der Waals surface area (Å²) in [5, 5.41) is 3.43. The number of benzene rings is 4. The summed E-state index contributed by atoms with van der Waals surface area (Å²) in [6, 6.07) is 47.3. The summed E-state index contributed by atoms with van der Waals surface area (Å²) in [5.41, 5.74) is 11.3. The second kappa shape index (κ2) is 15.4. The first-order valence-corrected chi connectivity index (χ1v) is 21.4. The third-order valence-electron chi connectivity index (χ3n) is 9.45. The molecule has 0 bridgehead atoms. The van der Waals surface area contributed by atoms with Crippen molar-refractivity contribution in [3.05, 3.63) is 157 Å². The van der Waals surface area contributed by atoms with Crippen LogP contribution in [0.15, 0.2) is 138 Å². The van der Waals surface area contributed by atoms with E-state index in [9.17, 15) is 0 Å². The van der Waals surface area contributed by atoms with Crippen molar-refractivity contribution < 1.29 is 24.5 Å². The zero-order valence-corrected chi connectivity index (χ0v) is 34.3. The van der Waals surface area contributed by atoms with Crippen LogP contribution in [0.2, 0.25) is 19.6 Å². The Morgan fingerprint density at radius 2 is 1.48 bits per heavy atom. The number of pyridine rings is 3. The van der Waals surface area contributed by atoms with Gasteiger partial charge in [0.25, 0.3) is 0 Å². The zero-order chi connectivity index (χ0) is 36.5. The minimum Gasteiger partial charge on any atom is -0.486 e. The molecule has 5 aromatic heterocycles. The van der Waals surface area contributed by atoms with Crippen molar-refractivity contribution in [3.63, 3.8) is 0 Å². The number of para-hydroxylation sites is 1. The van der Waals surface area contributed by atoms with Gasteiger partial charge in [0, 0.05) is 48.6 Å². The van der Waals surface area contributed by atoms with E-state index < -0.39 is 8.07 Å². The molecule has 0 saturated heterocycles. The number of aromatic nitrogens is 5. The van der Waals surface area contributed by atoms with Crippen LogP contribution >= 0.6 is 0 Å². The molecule has 0 atom stereocenters. The average Bonchev–Trinajstić information content (AvgIpc) is 3.76. The molecule has 0 aliphatic carbocycles. The molecule has 0 saturated carbocycles. The van der Waals surface area contributed by atoms with Crippen LogP contribution in [-0.2, 0) is 26.5 Å². The van der Waals surface area contributed by atoms with Crippen LogP contribution in [0.5, 0.6) is 0 Å². The molecule has 9 rings (SSSR count). The average molecular weight is 898 g/mol. The summed E-state index contributed by atoms with van der Waals surface area (Å²) in [4.78, 5) is 19.0. The van der Waals surface area contributed by atoms with E-state index in [2.05, 4.69) is 89.8 Å². The fourth-order valence-corrected chi connectivity index (χ4v) is 8.47. The Balaban J connectivity index is 0.000000201. The second-order valence-corrected chi connectivity index (χ2v) is 19.2. The van der Waals surface area contributed by atoms with Gasteiger partial charge >= 0.3 is 0 Å². The van der Waals surface area contributed by atoms with Gasteiger partial charge in [-0.05, 0) is 54.6 Å². The molecule has 9 aromatic rings. The molecule has 0 aliphatic heterocycles. The van der Waals surface area contributed by atoms with E-state index in [4.69, 9.17) is 14.4 Å². The Labute approximate surface area is 330 Å². The van der Waals surface area contributed by atoms with Gasteiger partial charge in [0.1, 0.15) is 0 Å². The molecule has 269 valence electrons. The number of fused-ring (bicyclic) bond motifs is 4. The largest absolute Gasteiger partial charge is 0.486 e. The van der Waals surface area contributed by atoms with Gasteiger partial charge in [-0.15, -0.1) is 54.1 Å². The third kappa shape index (κ3) is 7.20. The molecular weight excluding hydrogens is 859 g/mol. The Hall–Kier alpha value is -5.53. The summed E-state index contributed by atoms with van der Waals surface area (Å²) < 4.78 is 8.51. The minimum absolute atomic E-state index is 0. The van der Waals surface area contributed by atoms with Crippen LogP contribution in [0.1, 0.15) is 18.2 Å². The molecule has 4 aromatic carbocycles. The minimum atomic E-state index is -1.30. The van der Waals surface area contributed by atoms with Crippen molar-refractivity contribution in [1.29, 1.82) is 0 Å². The molecular formula is C46H39IrN5OSi-2. The van der Waals surface area contributed by atoms with Crippen molar-refractivity contribution in [2.24, 2.45) is 0 Å². The van der Waals surface area contributed by atoms with Crippen LogP contribution in [0.3, 0.4) is 0 Å². The number of furan rings is 1. The van der Waals surface area contributed by atoms with Crippen LogP contribution < -0.4 is 5.19 Å². The van der Waals surface area contributed by atoms with E-state index in [1.54, 1.807) is 0 Å². The van der Waals surface area contributed by atoms with Crippen LogP contribution in [0, 0.1) is 19.1 Å². The van der Waals surface area contributed by atoms with Gasteiger partial charge in [0.2, 0.25) is 5.71 Å². The van der Waals surface area contributed by atoms with Gasteiger partial charge in [-0.2, -0.15) is 0 Å². The zero-order valence-electron chi connectivity index (χ0n) is 30.9. The molecule has 1 radical (unpaired) electrons. The van der Waals surface area contributed by atoms with Crippen LogP contribution in [0.4, 0.5) is 0 Å². The van der Waals surface area contributed by atoms with E-state index >= 15 is 0 Å². The molecule has 0 spiro atoms. The fourth-order valence-electron chi connectivity index (χ4n) is 6.81. The summed E-state index contributed by atoms with van der Waals surface area (Å²) in [5.74, 6) is 0.756. The predicted octanol–water partition coefficient (Wildman–Crippen LogP) is 10.8. The van der Waals surface area contributed by atoms with E-state index in [1.165, 1.54) is 10.8 Å². The van der Waals surface area contributed by atoms with Gasteiger partial charge in [-0.3, -0.25) is 9.97 Å². The van der Waals surface area contributed by atoms with Crippen molar-refractivity contribution in [2.75, 3.05) is 0 Å². The summed E-state index contributed by atoms with van der Waals surface area (Å²) in [7, 11) is -1.30. The third-order valence-corrected chi connectivity index (χ3v) is 11.5. The number of rotatable bonds is 6. The summed E-state index contributed by atoms with van der Waals surface area (Å²) in [6.45, 7) is 11.3. The Morgan fingerprint density at radius 1 is 0.722 bits per heavy atom. The maximum Gasteiger partial charge on any atom is 0.216 e. The Kier molecular flexibility index (Phi) is 10.5. The molecule has 0 fully saturated rings. The van der Waals surface area contributed by atoms with Gasteiger partial charge in [-0.25, -0.2) is 4.98 Å². The normalized spacial score (nSPS) is 11.4. The van der Waals surface area contributed by atoms with E-state index in [1.807, 2.05) is 104 Å². The van der Waals surface area contributed by atoms with Crippen molar-refractivity contribution >= 4 is 46.4 Å². The second-order valence-electron chi connectivity index (χ2n) is 14.1. The number of imidazole rings is 1. The molecule has 6 nitrogen and oxygen atoms in total. The van der Waals surface area contributed by atoms with E-state index in [0.29, 0.717) is 5.71 Å². The molecule has 0 N–H and O–H groups in total. The SMILES string of the molecule is CCc1cc(-c2[c-]cccc2)ncc1[Si](C)(C)C.Cc1cc2nc(-c3[c-]ccc4c3oc3nc(-c5ccccc5)ccc34)n(-c3ccccc3)c2cn1.[Ir]. The molecule has 5 heterocycles. The van der Waals surface area contributed by atoms with Gasteiger partial charge < -0.3 is 14.0 Å². The Bertz CT molecular complexity index is 2700. The van der Waals surface area contributed by atoms with Gasteiger partial charge in [-0.1, -0.05) is 97.7 Å². The first kappa shape index (κ1) is 36.8.